The molecule has 1 aromatic rings. The molecule has 0 fully saturated rings. The Hall–Kier alpha value is -2.45. The predicted molar refractivity (Wildman–Crippen MR) is 72.5 cm³/mol. The van der Waals surface area contributed by atoms with E-state index in [4.69, 9.17) is 9.47 Å². The number of hydrogen-bond donors (Lipinski definition) is 1. The number of halogens is 1. The van der Waals surface area contributed by atoms with Gasteiger partial charge in [-0.1, -0.05) is 13.3 Å². The summed E-state index contributed by atoms with van der Waals surface area (Å²) < 4.78 is 23.2. The average Bonchev–Trinajstić information content (AvgIpc) is 2.47. The number of esters is 2. The summed E-state index contributed by atoms with van der Waals surface area (Å²) in [4.78, 5) is 46.5. The number of aromatic nitrogens is 2. The lowest BCUT2D eigenvalue weighted by atomic mass is 10.3. The molecule has 0 saturated heterocycles. The van der Waals surface area contributed by atoms with Gasteiger partial charge in [0.25, 0.3) is 5.56 Å². The maximum atomic E-state index is 13.0. The molecule has 0 aliphatic rings. The zero-order valence-corrected chi connectivity index (χ0v) is 12.1. The standard InChI is InChI=1S/C13H17FN2O6/c1-2-3-6-21-10(17)4-5-11(18)22-8-16-7-9(14)12(19)15-13(16)20/h7H,2-6,8H2,1H3,(H,15,19,20). The first-order chi connectivity index (χ1) is 10.4. The van der Waals surface area contributed by atoms with Crippen LogP contribution in [-0.4, -0.2) is 28.1 Å². The highest BCUT2D eigenvalue weighted by atomic mass is 19.1. The minimum atomic E-state index is -1.17. The van der Waals surface area contributed by atoms with Crippen LogP contribution in [0.4, 0.5) is 4.39 Å². The van der Waals surface area contributed by atoms with Gasteiger partial charge in [-0.3, -0.25) is 23.9 Å². The number of ether oxygens (including phenoxy) is 2. The Labute approximate surface area is 124 Å². The summed E-state index contributed by atoms with van der Waals surface area (Å²) in [6, 6.07) is 0. The number of rotatable bonds is 8. The SMILES string of the molecule is CCCCOC(=O)CCC(=O)OCn1cc(F)c(=O)[nH]c1=O. The van der Waals surface area contributed by atoms with Gasteiger partial charge in [0.1, 0.15) is 0 Å². The van der Waals surface area contributed by atoms with Gasteiger partial charge in [0.2, 0.25) is 5.82 Å². The highest BCUT2D eigenvalue weighted by Gasteiger charge is 2.10. The molecule has 122 valence electrons. The van der Waals surface area contributed by atoms with Crippen LogP contribution in [0.2, 0.25) is 0 Å². The van der Waals surface area contributed by atoms with Crippen LogP contribution in [-0.2, 0) is 25.8 Å². The van der Waals surface area contributed by atoms with E-state index in [0.717, 1.165) is 12.8 Å². The molecule has 0 radical (unpaired) electrons. The molecule has 1 heterocycles. The van der Waals surface area contributed by atoms with E-state index >= 15 is 0 Å². The number of hydrogen-bond acceptors (Lipinski definition) is 6. The van der Waals surface area contributed by atoms with Gasteiger partial charge in [-0.05, 0) is 6.42 Å². The van der Waals surface area contributed by atoms with E-state index in [1.807, 2.05) is 6.92 Å². The number of carbonyl (C=O) groups is 2. The van der Waals surface area contributed by atoms with Crippen molar-refractivity contribution in [1.82, 2.24) is 9.55 Å². The van der Waals surface area contributed by atoms with E-state index in [-0.39, 0.29) is 12.8 Å². The minimum Gasteiger partial charge on any atom is -0.466 e. The fourth-order valence-corrected chi connectivity index (χ4v) is 1.40. The fourth-order valence-electron chi connectivity index (χ4n) is 1.40. The van der Waals surface area contributed by atoms with E-state index < -0.39 is 35.7 Å². The largest absolute Gasteiger partial charge is 0.466 e. The fraction of sp³-hybridized carbons (Fsp3) is 0.538. The smallest absolute Gasteiger partial charge is 0.331 e. The van der Waals surface area contributed by atoms with Gasteiger partial charge in [0.15, 0.2) is 6.73 Å². The molecule has 0 aromatic carbocycles. The number of nitrogens with zero attached hydrogens (tertiary/aromatic N) is 1. The zero-order valence-electron chi connectivity index (χ0n) is 12.1. The van der Waals surface area contributed by atoms with Gasteiger partial charge in [-0.2, -0.15) is 4.39 Å². The average molecular weight is 316 g/mol. The molecule has 22 heavy (non-hydrogen) atoms. The Balaban J connectivity index is 2.38. The molecular formula is C13H17FN2O6. The lowest BCUT2D eigenvalue weighted by Crippen LogP contribution is -2.32. The summed E-state index contributed by atoms with van der Waals surface area (Å²) in [5.74, 6) is -2.43. The molecule has 0 spiro atoms. The first kappa shape index (κ1) is 17.6. The van der Waals surface area contributed by atoms with Crippen LogP contribution in [0.15, 0.2) is 15.8 Å². The zero-order chi connectivity index (χ0) is 16.5. The molecule has 1 N–H and O–H groups in total. The van der Waals surface area contributed by atoms with E-state index in [1.165, 1.54) is 0 Å². The second kappa shape index (κ2) is 8.75. The predicted octanol–water partition coefficient (Wildman–Crippen LogP) is 0.300. The van der Waals surface area contributed by atoms with Crippen LogP contribution in [0.3, 0.4) is 0 Å². The van der Waals surface area contributed by atoms with Crippen molar-refractivity contribution < 1.29 is 23.5 Å². The lowest BCUT2D eigenvalue weighted by Gasteiger charge is -2.07. The van der Waals surface area contributed by atoms with Crippen molar-refractivity contribution in [3.63, 3.8) is 0 Å². The van der Waals surface area contributed by atoms with Crippen LogP contribution < -0.4 is 11.2 Å². The van der Waals surface area contributed by atoms with Crippen molar-refractivity contribution in [2.45, 2.75) is 39.3 Å². The number of nitrogens with one attached hydrogen (secondary N) is 1. The van der Waals surface area contributed by atoms with Crippen LogP contribution in [0.1, 0.15) is 32.6 Å². The summed E-state index contributed by atoms with van der Waals surface area (Å²) in [5.41, 5.74) is -2.06. The molecule has 0 atom stereocenters. The third kappa shape index (κ3) is 5.90. The first-order valence-electron chi connectivity index (χ1n) is 6.74. The quantitative estimate of drug-likeness (QED) is 0.546. The maximum Gasteiger partial charge on any atom is 0.331 e. The summed E-state index contributed by atoms with van der Waals surface area (Å²) in [7, 11) is 0. The number of carbonyl (C=O) groups excluding carboxylic acids is 2. The summed E-state index contributed by atoms with van der Waals surface area (Å²) in [5, 5.41) is 0. The lowest BCUT2D eigenvalue weighted by molar-refractivity contribution is -0.152. The summed E-state index contributed by atoms with van der Waals surface area (Å²) in [6.45, 7) is 1.69. The van der Waals surface area contributed by atoms with E-state index in [1.54, 1.807) is 4.98 Å². The molecule has 0 bridgehead atoms. The number of H-pyrrole nitrogens is 1. The first-order valence-corrected chi connectivity index (χ1v) is 6.74. The van der Waals surface area contributed by atoms with Crippen molar-refractivity contribution in [3.8, 4) is 0 Å². The van der Waals surface area contributed by atoms with E-state index in [0.29, 0.717) is 17.4 Å². The van der Waals surface area contributed by atoms with Gasteiger partial charge in [-0.25, -0.2) is 4.79 Å². The monoisotopic (exact) mass is 316 g/mol. The van der Waals surface area contributed by atoms with E-state index in [2.05, 4.69) is 0 Å². The molecule has 1 aromatic heterocycles. The second-order valence-electron chi connectivity index (χ2n) is 4.43. The van der Waals surface area contributed by atoms with Crippen molar-refractivity contribution in [1.29, 1.82) is 0 Å². The van der Waals surface area contributed by atoms with Crippen molar-refractivity contribution in [2.75, 3.05) is 6.61 Å². The van der Waals surface area contributed by atoms with Gasteiger partial charge < -0.3 is 9.47 Å². The molecule has 1 rings (SSSR count). The molecule has 8 nitrogen and oxygen atoms in total. The van der Waals surface area contributed by atoms with Crippen LogP contribution in [0, 0.1) is 5.82 Å². The van der Waals surface area contributed by atoms with Crippen molar-refractivity contribution in [3.05, 3.63) is 32.9 Å². The van der Waals surface area contributed by atoms with Gasteiger partial charge in [0.05, 0.1) is 25.6 Å². The van der Waals surface area contributed by atoms with Crippen LogP contribution in [0.5, 0.6) is 0 Å². The maximum absolute atomic E-state index is 13.0. The molecule has 0 saturated carbocycles. The highest BCUT2D eigenvalue weighted by molar-refractivity contribution is 5.77. The van der Waals surface area contributed by atoms with Crippen molar-refractivity contribution >= 4 is 11.9 Å². The van der Waals surface area contributed by atoms with Crippen LogP contribution in [0.25, 0.3) is 0 Å². The Morgan fingerprint density at radius 3 is 2.50 bits per heavy atom. The molecule has 0 unspecified atom stereocenters. The molecule has 0 amide bonds. The Morgan fingerprint density at radius 1 is 1.23 bits per heavy atom. The third-order valence-electron chi connectivity index (χ3n) is 2.63. The normalized spacial score (nSPS) is 10.3. The number of unbranched alkanes of at least 4 members (excludes halogenated alkanes) is 1. The molecule has 0 aliphatic heterocycles. The molecule has 0 aliphatic carbocycles. The molecular weight excluding hydrogens is 299 g/mol. The Bertz CT molecular complexity index is 636. The topological polar surface area (TPSA) is 107 Å². The van der Waals surface area contributed by atoms with Gasteiger partial charge in [0, 0.05) is 0 Å². The van der Waals surface area contributed by atoms with Crippen LogP contribution >= 0.6 is 0 Å². The summed E-state index contributed by atoms with van der Waals surface area (Å²) >= 11 is 0. The van der Waals surface area contributed by atoms with Crippen molar-refractivity contribution in [2.24, 2.45) is 0 Å². The Kier molecular flexibility index (Phi) is 7.00. The van der Waals surface area contributed by atoms with Gasteiger partial charge in [-0.15, -0.1) is 0 Å². The highest BCUT2D eigenvalue weighted by Crippen LogP contribution is 1.98. The number of aromatic amines is 1. The second-order valence-corrected chi connectivity index (χ2v) is 4.43. The molecule has 9 heteroatoms. The summed E-state index contributed by atoms with van der Waals surface area (Å²) in [6.07, 6.45) is 1.91. The van der Waals surface area contributed by atoms with E-state index in [9.17, 15) is 23.6 Å². The Morgan fingerprint density at radius 2 is 1.86 bits per heavy atom. The third-order valence-corrected chi connectivity index (χ3v) is 2.63. The van der Waals surface area contributed by atoms with Gasteiger partial charge >= 0.3 is 17.6 Å². The minimum absolute atomic E-state index is 0.141.